The monoisotopic (exact) mass is 381 g/mol. The van der Waals surface area contributed by atoms with Gasteiger partial charge in [0.25, 0.3) is 0 Å². The molecule has 2 aromatic carbocycles. The Hall–Kier alpha value is -2.51. The topological polar surface area (TPSA) is 55.3 Å². The van der Waals surface area contributed by atoms with E-state index >= 15 is 0 Å². The Kier molecular flexibility index (Phi) is 3.83. The van der Waals surface area contributed by atoms with Crippen molar-refractivity contribution in [1.82, 2.24) is 9.97 Å². The third-order valence-corrected chi connectivity index (χ3v) is 6.37. The Morgan fingerprint density at radius 2 is 1.88 bits per heavy atom. The van der Waals surface area contributed by atoms with E-state index in [2.05, 4.69) is 9.88 Å². The summed E-state index contributed by atoms with van der Waals surface area (Å²) in [6.45, 7) is 2.14. The SMILES string of the molecule is O=C(Oc1ccc2nc(N3CCCC3)sc2c1)c1ccc2ncsc2c1. The maximum Gasteiger partial charge on any atom is 0.343 e. The van der Waals surface area contributed by atoms with Crippen LogP contribution in [-0.4, -0.2) is 29.0 Å². The minimum Gasteiger partial charge on any atom is -0.423 e. The van der Waals surface area contributed by atoms with Crippen molar-refractivity contribution in [3.05, 3.63) is 47.5 Å². The Labute approximate surface area is 157 Å². The van der Waals surface area contributed by atoms with Gasteiger partial charge in [-0.3, -0.25) is 0 Å². The van der Waals surface area contributed by atoms with Crippen molar-refractivity contribution in [2.45, 2.75) is 12.8 Å². The highest BCUT2D eigenvalue weighted by Gasteiger charge is 2.17. The lowest BCUT2D eigenvalue weighted by molar-refractivity contribution is 0.0735. The molecule has 1 saturated heterocycles. The third-order valence-electron chi connectivity index (χ3n) is 4.50. The van der Waals surface area contributed by atoms with Crippen molar-refractivity contribution in [1.29, 1.82) is 0 Å². The second-order valence-corrected chi connectivity index (χ2v) is 8.14. The number of carbonyl (C=O) groups excluding carboxylic acids is 1. The summed E-state index contributed by atoms with van der Waals surface area (Å²) in [6.07, 6.45) is 2.45. The summed E-state index contributed by atoms with van der Waals surface area (Å²) in [5.41, 5.74) is 4.15. The van der Waals surface area contributed by atoms with Gasteiger partial charge in [-0.25, -0.2) is 14.8 Å². The predicted molar refractivity (Wildman–Crippen MR) is 106 cm³/mol. The molecular weight excluding hydrogens is 366 g/mol. The van der Waals surface area contributed by atoms with Gasteiger partial charge in [0, 0.05) is 19.2 Å². The third kappa shape index (κ3) is 2.83. The van der Waals surface area contributed by atoms with E-state index in [0.717, 1.165) is 38.7 Å². The molecule has 0 radical (unpaired) electrons. The van der Waals surface area contributed by atoms with Crippen molar-refractivity contribution >= 4 is 54.2 Å². The second-order valence-electron chi connectivity index (χ2n) is 6.24. The molecule has 1 fully saturated rings. The van der Waals surface area contributed by atoms with Crippen molar-refractivity contribution in [3.8, 4) is 5.75 Å². The van der Waals surface area contributed by atoms with E-state index in [9.17, 15) is 4.79 Å². The summed E-state index contributed by atoms with van der Waals surface area (Å²) in [5, 5.41) is 1.05. The van der Waals surface area contributed by atoms with Gasteiger partial charge in [0.1, 0.15) is 5.75 Å². The molecule has 26 heavy (non-hydrogen) atoms. The molecule has 7 heteroatoms. The van der Waals surface area contributed by atoms with Gasteiger partial charge in [0.2, 0.25) is 0 Å². The molecule has 5 nitrogen and oxygen atoms in total. The molecule has 2 aromatic heterocycles. The molecule has 0 spiro atoms. The smallest absolute Gasteiger partial charge is 0.343 e. The zero-order chi connectivity index (χ0) is 17.5. The van der Waals surface area contributed by atoms with Gasteiger partial charge < -0.3 is 9.64 Å². The average Bonchev–Trinajstić information content (AvgIpc) is 3.39. The van der Waals surface area contributed by atoms with E-state index in [1.165, 1.54) is 24.2 Å². The predicted octanol–water partition coefficient (Wildman–Crippen LogP) is 4.73. The molecule has 0 aliphatic carbocycles. The molecule has 5 rings (SSSR count). The molecule has 0 saturated carbocycles. The lowest BCUT2D eigenvalue weighted by atomic mass is 10.2. The highest BCUT2D eigenvalue weighted by atomic mass is 32.1. The molecule has 4 aromatic rings. The number of esters is 1. The van der Waals surface area contributed by atoms with Crippen molar-refractivity contribution in [2.75, 3.05) is 18.0 Å². The minimum absolute atomic E-state index is 0.357. The summed E-state index contributed by atoms with van der Waals surface area (Å²) in [5.74, 6) is 0.187. The molecule has 0 amide bonds. The van der Waals surface area contributed by atoms with Crippen LogP contribution in [0.2, 0.25) is 0 Å². The first-order chi connectivity index (χ1) is 12.8. The molecule has 0 N–H and O–H groups in total. The lowest BCUT2D eigenvalue weighted by Gasteiger charge is -2.11. The van der Waals surface area contributed by atoms with Crippen LogP contribution in [0.5, 0.6) is 5.75 Å². The van der Waals surface area contributed by atoms with Crippen molar-refractivity contribution in [2.24, 2.45) is 0 Å². The van der Waals surface area contributed by atoms with Crippen LogP contribution >= 0.6 is 22.7 Å². The zero-order valence-electron chi connectivity index (χ0n) is 13.8. The summed E-state index contributed by atoms with van der Waals surface area (Å²) < 4.78 is 7.60. The van der Waals surface area contributed by atoms with Crippen LogP contribution in [-0.2, 0) is 0 Å². The number of rotatable bonds is 3. The normalized spacial score (nSPS) is 14.4. The van der Waals surface area contributed by atoms with Crippen LogP contribution in [0, 0.1) is 0 Å². The number of thiazole rings is 2. The van der Waals surface area contributed by atoms with Gasteiger partial charge in [-0.1, -0.05) is 11.3 Å². The lowest BCUT2D eigenvalue weighted by Crippen LogP contribution is -2.16. The molecule has 3 heterocycles. The highest BCUT2D eigenvalue weighted by molar-refractivity contribution is 7.22. The summed E-state index contributed by atoms with van der Waals surface area (Å²) in [7, 11) is 0. The van der Waals surface area contributed by atoms with Gasteiger partial charge in [0.15, 0.2) is 5.13 Å². The summed E-state index contributed by atoms with van der Waals surface area (Å²) >= 11 is 3.16. The maximum absolute atomic E-state index is 12.5. The number of ether oxygens (including phenoxy) is 1. The first kappa shape index (κ1) is 15.7. The van der Waals surface area contributed by atoms with Gasteiger partial charge >= 0.3 is 5.97 Å². The Balaban J connectivity index is 1.40. The molecule has 0 atom stereocenters. The number of fused-ring (bicyclic) bond motifs is 2. The van der Waals surface area contributed by atoms with Crippen LogP contribution in [0.15, 0.2) is 41.9 Å². The number of benzene rings is 2. The number of hydrogen-bond donors (Lipinski definition) is 0. The van der Waals surface area contributed by atoms with E-state index in [1.54, 1.807) is 29.0 Å². The fourth-order valence-electron chi connectivity index (χ4n) is 3.15. The van der Waals surface area contributed by atoms with Gasteiger partial charge in [0.05, 0.1) is 31.5 Å². The Morgan fingerprint density at radius 3 is 2.77 bits per heavy atom. The van der Waals surface area contributed by atoms with E-state index in [0.29, 0.717) is 11.3 Å². The maximum atomic E-state index is 12.5. The van der Waals surface area contributed by atoms with E-state index < -0.39 is 0 Å². The quantitative estimate of drug-likeness (QED) is 0.379. The number of aromatic nitrogens is 2. The van der Waals surface area contributed by atoms with Gasteiger partial charge in [-0.15, -0.1) is 11.3 Å². The molecule has 0 unspecified atom stereocenters. The largest absolute Gasteiger partial charge is 0.423 e. The summed E-state index contributed by atoms with van der Waals surface area (Å²) in [4.78, 5) is 23.7. The van der Waals surface area contributed by atoms with E-state index in [4.69, 9.17) is 9.72 Å². The highest BCUT2D eigenvalue weighted by Crippen LogP contribution is 2.33. The average molecular weight is 381 g/mol. The number of nitrogens with zero attached hydrogens (tertiary/aromatic N) is 3. The first-order valence-corrected chi connectivity index (χ1v) is 10.2. The Morgan fingerprint density at radius 1 is 1.04 bits per heavy atom. The molecule has 0 bridgehead atoms. The van der Waals surface area contributed by atoms with Crippen LogP contribution in [0.25, 0.3) is 20.4 Å². The number of carbonyl (C=O) groups is 1. The molecule has 1 aliphatic rings. The standard InChI is InChI=1S/C19H15N3O2S2/c23-18(12-3-5-14-16(9-12)25-11-20-14)24-13-4-6-15-17(10-13)26-19(21-15)22-7-1-2-8-22/h3-6,9-11H,1-2,7-8H2. The fraction of sp³-hybridized carbons (Fsp3) is 0.211. The molecular formula is C19H15N3O2S2. The Bertz CT molecular complexity index is 1110. The minimum atomic E-state index is -0.357. The van der Waals surface area contributed by atoms with Crippen molar-refractivity contribution < 1.29 is 9.53 Å². The number of hydrogen-bond acceptors (Lipinski definition) is 7. The number of anilines is 1. The van der Waals surface area contributed by atoms with E-state index in [1.807, 2.05) is 24.3 Å². The zero-order valence-corrected chi connectivity index (χ0v) is 15.5. The van der Waals surface area contributed by atoms with Gasteiger partial charge in [-0.05, 0) is 43.2 Å². The first-order valence-electron chi connectivity index (χ1n) is 8.47. The van der Waals surface area contributed by atoms with Crippen LogP contribution in [0.4, 0.5) is 5.13 Å². The van der Waals surface area contributed by atoms with Crippen LogP contribution < -0.4 is 9.64 Å². The summed E-state index contributed by atoms with van der Waals surface area (Å²) in [6, 6.07) is 11.0. The van der Waals surface area contributed by atoms with Crippen molar-refractivity contribution in [3.63, 3.8) is 0 Å². The fourth-order valence-corrected chi connectivity index (χ4v) is 4.91. The second kappa shape index (κ2) is 6.34. The van der Waals surface area contributed by atoms with Crippen LogP contribution in [0.3, 0.4) is 0 Å². The van der Waals surface area contributed by atoms with E-state index in [-0.39, 0.29) is 5.97 Å². The van der Waals surface area contributed by atoms with Crippen LogP contribution in [0.1, 0.15) is 23.2 Å². The molecule has 130 valence electrons. The van der Waals surface area contributed by atoms with Gasteiger partial charge in [-0.2, -0.15) is 0 Å². The molecule has 1 aliphatic heterocycles.